The Kier molecular flexibility index (Phi) is 6.94. The molecule has 1 N–H and O–H groups in total. The number of nitrogens with one attached hydrogen (secondary N) is 1. The molecule has 4 fully saturated rings. The lowest BCUT2D eigenvalue weighted by Crippen LogP contribution is -2.56. The lowest BCUT2D eigenvalue weighted by molar-refractivity contribution is -0.136. The van der Waals surface area contributed by atoms with Gasteiger partial charge in [0.25, 0.3) is 0 Å². The van der Waals surface area contributed by atoms with Crippen LogP contribution in [0.2, 0.25) is 0 Å². The molecular weight excluding hydrogens is 462 g/mol. The van der Waals surface area contributed by atoms with E-state index in [9.17, 15) is 14.4 Å². The second kappa shape index (κ2) is 9.82. The Hall–Kier alpha value is -1.97. The molecule has 0 aromatic carbocycles. The number of carbonyl (C=O) groups excluding carboxylic acids is 3. The van der Waals surface area contributed by atoms with Gasteiger partial charge in [0.15, 0.2) is 0 Å². The number of likely N-dealkylation sites (N-methyl/N-ethyl adjacent to an activating group) is 1. The van der Waals surface area contributed by atoms with Crippen LogP contribution in [0, 0.1) is 6.92 Å². The first kappa shape index (κ1) is 24.7. The molecule has 9 heteroatoms. The summed E-state index contributed by atoms with van der Waals surface area (Å²) in [5.41, 5.74) is -0.401. The van der Waals surface area contributed by atoms with E-state index in [1.807, 2.05) is 21.1 Å². The van der Waals surface area contributed by atoms with Gasteiger partial charge in [0.05, 0.1) is 12.0 Å². The Labute approximate surface area is 212 Å². The smallest absolute Gasteiger partial charge is 0.243 e. The summed E-state index contributed by atoms with van der Waals surface area (Å²) in [6.45, 7) is 8.72. The molecule has 192 valence electrons. The van der Waals surface area contributed by atoms with Crippen molar-refractivity contribution < 1.29 is 14.4 Å². The van der Waals surface area contributed by atoms with Crippen LogP contribution in [0.25, 0.3) is 0 Å². The number of nitrogens with zero attached hydrogens (tertiary/aromatic N) is 4. The molecule has 1 spiro atoms. The van der Waals surface area contributed by atoms with Crippen LogP contribution < -0.4 is 5.32 Å². The molecule has 5 rings (SSSR count). The fourth-order valence-corrected chi connectivity index (χ4v) is 7.46. The van der Waals surface area contributed by atoms with E-state index in [0.29, 0.717) is 25.4 Å². The highest BCUT2D eigenvalue weighted by atomic mass is 32.1. The standard InChI is InChI=1S/C26H39N5O3S/c1-18-4-5-22(35-18)17-29-12-8-26(9-13-29)15-24(33)31-16-21(14-23(31)25(34)27-26)28(3)20-6-10-30(11-7-20)19(2)32/h4-5,20-21,23H,6-17H2,1-3H3,(H,27,34)/t21-,23-/m0/s1. The SMILES string of the molecule is CC(=O)N1CCC(N(C)[C@H]2C[C@H]3C(=O)NC4(CCN(Cc5ccc(C)s5)CC4)CC(=O)N3C2)CC1. The van der Waals surface area contributed by atoms with Gasteiger partial charge in [-0.25, -0.2) is 0 Å². The Morgan fingerprint density at radius 1 is 1.14 bits per heavy atom. The van der Waals surface area contributed by atoms with Crippen LogP contribution in [0.4, 0.5) is 0 Å². The van der Waals surface area contributed by atoms with Crippen molar-refractivity contribution in [1.29, 1.82) is 0 Å². The Morgan fingerprint density at radius 2 is 1.86 bits per heavy atom. The number of hydrogen-bond acceptors (Lipinski definition) is 6. The predicted molar refractivity (Wildman–Crippen MR) is 136 cm³/mol. The van der Waals surface area contributed by atoms with Gasteiger partial charge in [-0.15, -0.1) is 11.3 Å². The minimum absolute atomic E-state index is 0.0282. The maximum Gasteiger partial charge on any atom is 0.243 e. The van der Waals surface area contributed by atoms with E-state index in [0.717, 1.165) is 58.4 Å². The van der Waals surface area contributed by atoms with Crippen molar-refractivity contribution >= 4 is 29.1 Å². The molecule has 2 atom stereocenters. The molecule has 0 aliphatic carbocycles. The van der Waals surface area contributed by atoms with Crippen LogP contribution in [-0.2, 0) is 20.9 Å². The van der Waals surface area contributed by atoms with Gasteiger partial charge in [0.1, 0.15) is 6.04 Å². The number of rotatable bonds is 4. The molecule has 8 nitrogen and oxygen atoms in total. The van der Waals surface area contributed by atoms with E-state index < -0.39 is 5.54 Å². The average Bonchev–Trinajstić information content (AvgIpc) is 3.45. The molecule has 0 unspecified atom stereocenters. The quantitative estimate of drug-likeness (QED) is 0.681. The first-order valence-corrected chi connectivity index (χ1v) is 13.9. The molecule has 35 heavy (non-hydrogen) atoms. The summed E-state index contributed by atoms with van der Waals surface area (Å²) < 4.78 is 0. The van der Waals surface area contributed by atoms with Gasteiger partial charge < -0.3 is 15.1 Å². The average molecular weight is 502 g/mol. The van der Waals surface area contributed by atoms with E-state index in [1.54, 1.807) is 6.92 Å². The number of fused-ring (bicyclic) bond motifs is 1. The van der Waals surface area contributed by atoms with E-state index in [4.69, 9.17) is 0 Å². The zero-order valence-electron chi connectivity index (χ0n) is 21.3. The number of carbonyl (C=O) groups is 3. The van der Waals surface area contributed by atoms with Gasteiger partial charge in [-0.2, -0.15) is 0 Å². The summed E-state index contributed by atoms with van der Waals surface area (Å²) in [6, 6.07) is 4.59. The largest absolute Gasteiger partial charge is 0.348 e. The van der Waals surface area contributed by atoms with Crippen molar-refractivity contribution in [1.82, 2.24) is 24.9 Å². The van der Waals surface area contributed by atoms with E-state index in [-0.39, 0.29) is 29.8 Å². The summed E-state index contributed by atoms with van der Waals surface area (Å²) >= 11 is 1.84. The molecule has 3 amide bonds. The van der Waals surface area contributed by atoms with E-state index >= 15 is 0 Å². The minimum atomic E-state index is -0.401. The van der Waals surface area contributed by atoms with Crippen LogP contribution in [-0.4, -0.2) is 101 Å². The second-order valence-electron chi connectivity index (χ2n) is 11.1. The number of likely N-dealkylation sites (tertiary alicyclic amines) is 2. The molecule has 4 aliphatic heterocycles. The summed E-state index contributed by atoms with van der Waals surface area (Å²) in [5, 5.41) is 3.35. The number of amides is 3. The molecule has 0 bridgehead atoms. The molecule has 1 aromatic heterocycles. The monoisotopic (exact) mass is 501 g/mol. The Balaban J connectivity index is 1.17. The highest BCUT2D eigenvalue weighted by Crippen LogP contribution is 2.35. The number of thiophene rings is 1. The lowest BCUT2D eigenvalue weighted by Gasteiger charge is -2.41. The Bertz CT molecular complexity index is 936. The maximum atomic E-state index is 13.4. The number of aryl methyl sites for hydroxylation is 1. The lowest BCUT2D eigenvalue weighted by atomic mass is 9.84. The van der Waals surface area contributed by atoms with Gasteiger partial charge in [-0.3, -0.25) is 24.2 Å². The van der Waals surface area contributed by atoms with Gasteiger partial charge in [-0.1, -0.05) is 0 Å². The third-order valence-corrected chi connectivity index (χ3v) is 9.82. The Morgan fingerprint density at radius 3 is 2.49 bits per heavy atom. The van der Waals surface area contributed by atoms with Crippen molar-refractivity contribution in [3.05, 3.63) is 21.9 Å². The van der Waals surface area contributed by atoms with E-state index in [2.05, 4.69) is 41.2 Å². The topological polar surface area (TPSA) is 76.2 Å². The zero-order valence-corrected chi connectivity index (χ0v) is 22.1. The summed E-state index contributed by atoms with van der Waals surface area (Å²) in [7, 11) is 2.12. The van der Waals surface area contributed by atoms with Crippen LogP contribution in [0.15, 0.2) is 12.1 Å². The third-order valence-electron chi connectivity index (χ3n) is 8.83. The normalized spacial score (nSPS) is 27.9. The summed E-state index contributed by atoms with van der Waals surface area (Å²) in [6.07, 6.45) is 4.65. The van der Waals surface area contributed by atoms with Gasteiger partial charge >= 0.3 is 0 Å². The molecule has 4 saturated heterocycles. The zero-order chi connectivity index (χ0) is 24.7. The van der Waals surface area contributed by atoms with Gasteiger partial charge in [0.2, 0.25) is 17.7 Å². The molecule has 5 heterocycles. The molecule has 1 aromatic rings. The highest BCUT2D eigenvalue weighted by molar-refractivity contribution is 7.11. The highest BCUT2D eigenvalue weighted by Gasteiger charge is 2.49. The van der Waals surface area contributed by atoms with Crippen molar-refractivity contribution in [2.75, 3.05) is 39.8 Å². The molecule has 0 saturated carbocycles. The van der Waals surface area contributed by atoms with E-state index in [1.165, 1.54) is 9.75 Å². The first-order valence-electron chi connectivity index (χ1n) is 13.1. The summed E-state index contributed by atoms with van der Waals surface area (Å²) in [4.78, 5) is 49.7. The van der Waals surface area contributed by atoms with Crippen LogP contribution in [0.5, 0.6) is 0 Å². The van der Waals surface area contributed by atoms with Crippen molar-refractivity contribution in [2.24, 2.45) is 0 Å². The number of piperidine rings is 2. The first-order chi connectivity index (χ1) is 16.7. The van der Waals surface area contributed by atoms with Crippen molar-refractivity contribution in [3.63, 3.8) is 0 Å². The molecular formula is C26H39N5O3S. The second-order valence-corrected chi connectivity index (χ2v) is 12.5. The van der Waals surface area contributed by atoms with Crippen molar-refractivity contribution in [2.45, 2.75) is 82.6 Å². The predicted octanol–water partition coefficient (Wildman–Crippen LogP) is 1.82. The summed E-state index contributed by atoms with van der Waals surface area (Å²) in [5.74, 6) is 0.294. The fourth-order valence-electron chi connectivity index (χ4n) is 6.53. The van der Waals surface area contributed by atoms with Crippen molar-refractivity contribution in [3.8, 4) is 0 Å². The van der Waals surface area contributed by atoms with Crippen LogP contribution >= 0.6 is 11.3 Å². The van der Waals surface area contributed by atoms with Gasteiger partial charge in [0, 0.05) is 68.0 Å². The maximum absolute atomic E-state index is 13.4. The minimum Gasteiger partial charge on any atom is -0.348 e. The van der Waals surface area contributed by atoms with Gasteiger partial charge in [-0.05, 0) is 58.2 Å². The molecule has 4 aliphatic rings. The molecule has 0 radical (unpaired) electrons. The number of hydrogen-bond donors (Lipinski definition) is 1. The third kappa shape index (κ3) is 5.13. The van der Waals surface area contributed by atoms with Crippen LogP contribution in [0.3, 0.4) is 0 Å². The van der Waals surface area contributed by atoms with Crippen LogP contribution in [0.1, 0.15) is 55.2 Å². The fraction of sp³-hybridized carbons (Fsp3) is 0.731.